The molecule has 2 heterocycles. The number of aromatic nitrogens is 3. The van der Waals surface area contributed by atoms with Crippen LogP contribution in [-0.2, 0) is 0 Å². The van der Waals surface area contributed by atoms with Crippen LogP contribution in [0.15, 0.2) is 0 Å². The fraction of sp³-hybridized carbons (Fsp3) is 0.667. The lowest BCUT2D eigenvalue weighted by molar-refractivity contribution is 0.625. The van der Waals surface area contributed by atoms with Crippen molar-refractivity contribution < 1.29 is 0 Å². The molecule has 82 valence electrons. The van der Waals surface area contributed by atoms with Gasteiger partial charge in [-0.1, -0.05) is 18.5 Å². The van der Waals surface area contributed by atoms with Gasteiger partial charge in [0, 0.05) is 12.6 Å². The second kappa shape index (κ2) is 4.10. The Labute approximate surface area is 98.6 Å². The molecule has 6 heteroatoms. The molecule has 0 aromatic carbocycles. The first kappa shape index (κ1) is 10.9. The first-order chi connectivity index (χ1) is 7.08. The van der Waals surface area contributed by atoms with Crippen molar-refractivity contribution in [1.29, 1.82) is 0 Å². The lowest BCUT2D eigenvalue weighted by Gasteiger charge is -2.22. The summed E-state index contributed by atoms with van der Waals surface area (Å²) < 4.78 is 0. The van der Waals surface area contributed by atoms with Crippen LogP contribution in [-0.4, -0.2) is 27.8 Å². The molecule has 0 spiro atoms. The summed E-state index contributed by atoms with van der Waals surface area (Å²) in [6.07, 6.45) is 1.14. The lowest BCUT2D eigenvalue weighted by atomic mass is 10.1. The van der Waals surface area contributed by atoms with Crippen LogP contribution in [0.3, 0.4) is 0 Å². The minimum absolute atomic E-state index is 0.140. The molecule has 1 aliphatic rings. The van der Waals surface area contributed by atoms with Gasteiger partial charge < -0.3 is 4.90 Å². The highest BCUT2D eigenvalue weighted by molar-refractivity contribution is 6.32. The van der Waals surface area contributed by atoms with E-state index in [2.05, 4.69) is 33.9 Å². The van der Waals surface area contributed by atoms with Gasteiger partial charge in [-0.05, 0) is 30.9 Å². The number of nitrogens with zero attached hydrogens (tertiary/aromatic N) is 4. The quantitative estimate of drug-likeness (QED) is 0.764. The molecule has 15 heavy (non-hydrogen) atoms. The number of hydrogen-bond acceptors (Lipinski definition) is 4. The Hall–Kier alpha value is -0.610. The van der Waals surface area contributed by atoms with Crippen molar-refractivity contribution in [3.8, 4) is 0 Å². The van der Waals surface area contributed by atoms with Crippen molar-refractivity contribution in [1.82, 2.24) is 15.2 Å². The van der Waals surface area contributed by atoms with E-state index >= 15 is 0 Å². The maximum atomic E-state index is 5.95. The lowest BCUT2D eigenvalue weighted by Crippen LogP contribution is -2.28. The summed E-state index contributed by atoms with van der Waals surface area (Å²) in [7, 11) is 0. The van der Waals surface area contributed by atoms with Crippen LogP contribution in [0.2, 0.25) is 10.4 Å². The summed E-state index contributed by atoms with van der Waals surface area (Å²) in [5, 5.41) is 7.82. The Morgan fingerprint density at radius 1 is 1.27 bits per heavy atom. The Bertz CT molecular complexity index is 371. The second-order valence-electron chi connectivity index (χ2n) is 4.04. The predicted octanol–water partition coefficient (Wildman–Crippen LogP) is 2.41. The molecule has 2 unspecified atom stereocenters. The number of anilines is 1. The molecule has 1 aliphatic heterocycles. The van der Waals surface area contributed by atoms with Gasteiger partial charge in [0.2, 0.25) is 5.28 Å². The van der Waals surface area contributed by atoms with Gasteiger partial charge in [-0.3, -0.25) is 0 Å². The van der Waals surface area contributed by atoms with Crippen molar-refractivity contribution in [2.24, 2.45) is 5.92 Å². The molecule has 1 aromatic rings. The van der Waals surface area contributed by atoms with E-state index in [4.69, 9.17) is 23.2 Å². The molecule has 4 nitrogen and oxygen atoms in total. The first-order valence-electron chi connectivity index (χ1n) is 4.90. The van der Waals surface area contributed by atoms with E-state index in [9.17, 15) is 0 Å². The van der Waals surface area contributed by atoms with E-state index < -0.39 is 0 Å². The van der Waals surface area contributed by atoms with Crippen LogP contribution in [0, 0.1) is 5.92 Å². The zero-order chi connectivity index (χ0) is 11.0. The van der Waals surface area contributed by atoms with Gasteiger partial charge in [0.1, 0.15) is 0 Å². The van der Waals surface area contributed by atoms with E-state index in [1.54, 1.807) is 0 Å². The fourth-order valence-corrected chi connectivity index (χ4v) is 2.37. The third-order valence-electron chi connectivity index (χ3n) is 2.66. The summed E-state index contributed by atoms with van der Waals surface area (Å²) in [6, 6.07) is 0.422. The standard InChI is InChI=1S/C9H12Cl2N4/c1-5-3-6(2)15(4-5)8-7(10)13-14-9(11)12-8/h5-6H,3-4H2,1-2H3. The third-order valence-corrected chi connectivity index (χ3v) is 3.06. The average Bonchev–Trinajstić information content (AvgIpc) is 2.50. The summed E-state index contributed by atoms with van der Waals surface area (Å²) in [4.78, 5) is 6.26. The Kier molecular flexibility index (Phi) is 2.98. The van der Waals surface area contributed by atoms with Crippen LogP contribution in [0.4, 0.5) is 5.82 Å². The summed E-state index contributed by atoms with van der Waals surface area (Å²) in [6.45, 7) is 5.30. The highest BCUT2D eigenvalue weighted by Gasteiger charge is 2.29. The molecule has 0 amide bonds. The minimum Gasteiger partial charge on any atom is -0.351 e. The van der Waals surface area contributed by atoms with Crippen LogP contribution >= 0.6 is 23.2 Å². The topological polar surface area (TPSA) is 41.9 Å². The molecule has 0 radical (unpaired) electrons. The van der Waals surface area contributed by atoms with E-state index in [0.29, 0.717) is 22.9 Å². The van der Waals surface area contributed by atoms with Crippen LogP contribution in [0.25, 0.3) is 0 Å². The first-order valence-corrected chi connectivity index (χ1v) is 5.66. The maximum absolute atomic E-state index is 5.95. The summed E-state index contributed by atoms with van der Waals surface area (Å²) >= 11 is 11.7. The molecule has 1 saturated heterocycles. The van der Waals surface area contributed by atoms with Crippen LogP contribution in [0.1, 0.15) is 20.3 Å². The average molecular weight is 247 g/mol. The minimum atomic E-state index is 0.140. The van der Waals surface area contributed by atoms with Crippen molar-refractivity contribution in [3.05, 3.63) is 10.4 Å². The molecular weight excluding hydrogens is 235 g/mol. The molecule has 0 aliphatic carbocycles. The SMILES string of the molecule is CC1CC(C)N(c2nc(Cl)nnc2Cl)C1. The molecule has 2 atom stereocenters. The molecule has 1 aromatic heterocycles. The number of rotatable bonds is 1. The van der Waals surface area contributed by atoms with Gasteiger partial charge in [-0.2, -0.15) is 4.98 Å². The van der Waals surface area contributed by atoms with E-state index in [1.807, 2.05) is 0 Å². The molecule has 1 fully saturated rings. The molecule has 0 N–H and O–H groups in total. The highest BCUT2D eigenvalue weighted by atomic mass is 35.5. The highest BCUT2D eigenvalue weighted by Crippen LogP contribution is 2.31. The zero-order valence-electron chi connectivity index (χ0n) is 8.61. The Balaban J connectivity index is 2.32. The van der Waals surface area contributed by atoms with Crippen LogP contribution < -0.4 is 4.90 Å². The molecule has 2 rings (SSSR count). The van der Waals surface area contributed by atoms with Gasteiger partial charge in [0.05, 0.1) is 0 Å². The van der Waals surface area contributed by atoms with Gasteiger partial charge in [-0.25, -0.2) is 0 Å². The van der Waals surface area contributed by atoms with Crippen molar-refractivity contribution in [2.45, 2.75) is 26.3 Å². The van der Waals surface area contributed by atoms with E-state index in [0.717, 1.165) is 13.0 Å². The van der Waals surface area contributed by atoms with Gasteiger partial charge in [0.15, 0.2) is 11.0 Å². The third kappa shape index (κ3) is 2.16. The van der Waals surface area contributed by atoms with Gasteiger partial charge >= 0.3 is 0 Å². The monoisotopic (exact) mass is 246 g/mol. The van der Waals surface area contributed by atoms with Crippen molar-refractivity contribution in [2.75, 3.05) is 11.4 Å². The fourth-order valence-electron chi connectivity index (χ4n) is 2.06. The number of halogens is 2. The number of hydrogen-bond donors (Lipinski definition) is 0. The van der Waals surface area contributed by atoms with E-state index in [1.165, 1.54) is 0 Å². The zero-order valence-corrected chi connectivity index (χ0v) is 10.1. The maximum Gasteiger partial charge on any atom is 0.245 e. The predicted molar refractivity (Wildman–Crippen MR) is 60.4 cm³/mol. The van der Waals surface area contributed by atoms with Crippen LogP contribution in [0.5, 0.6) is 0 Å². The molecule has 0 saturated carbocycles. The van der Waals surface area contributed by atoms with Gasteiger partial charge in [-0.15, -0.1) is 10.2 Å². The van der Waals surface area contributed by atoms with Gasteiger partial charge in [0.25, 0.3) is 0 Å². The van der Waals surface area contributed by atoms with E-state index in [-0.39, 0.29) is 5.28 Å². The Morgan fingerprint density at radius 3 is 2.60 bits per heavy atom. The smallest absolute Gasteiger partial charge is 0.245 e. The molecular formula is C9H12Cl2N4. The molecule has 0 bridgehead atoms. The second-order valence-corrected chi connectivity index (χ2v) is 4.73. The normalized spacial score (nSPS) is 26.0. The van der Waals surface area contributed by atoms with Crippen molar-refractivity contribution in [3.63, 3.8) is 0 Å². The largest absolute Gasteiger partial charge is 0.351 e. The van der Waals surface area contributed by atoms with Crippen molar-refractivity contribution >= 4 is 29.0 Å². The Morgan fingerprint density at radius 2 is 2.00 bits per heavy atom. The summed E-state index contributed by atoms with van der Waals surface area (Å²) in [5.74, 6) is 1.29. The summed E-state index contributed by atoms with van der Waals surface area (Å²) in [5.41, 5.74) is 0.